The van der Waals surface area contributed by atoms with Gasteiger partial charge in [-0.25, -0.2) is 0 Å². The Kier molecular flexibility index (Phi) is 8.40. The summed E-state index contributed by atoms with van der Waals surface area (Å²) in [6, 6.07) is -0.563. The quantitative estimate of drug-likeness (QED) is 0.629. The molecule has 1 heterocycles. The Hall–Kier alpha value is -1.06. The van der Waals surface area contributed by atoms with Gasteiger partial charge in [-0.3, -0.25) is 9.59 Å². The van der Waals surface area contributed by atoms with Crippen LogP contribution in [-0.4, -0.2) is 35.3 Å². The van der Waals surface area contributed by atoms with Crippen LogP contribution in [0.3, 0.4) is 0 Å². The fourth-order valence-corrected chi connectivity index (χ4v) is 2.99. The molecule has 21 heavy (non-hydrogen) atoms. The van der Waals surface area contributed by atoms with Crippen molar-refractivity contribution in [1.82, 2.24) is 10.2 Å². The Morgan fingerprint density at radius 2 is 1.62 bits per heavy atom. The summed E-state index contributed by atoms with van der Waals surface area (Å²) >= 11 is 0. The van der Waals surface area contributed by atoms with Crippen molar-refractivity contribution in [2.45, 2.75) is 90.6 Å². The normalized spacial score (nSPS) is 22.5. The summed E-state index contributed by atoms with van der Waals surface area (Å²) in [5.41, 5.74) is 0. The number of amides is 2. The molecule has 0 aromatic heterocycles. The molecule has 1 N–H and O–H groups in total. The highest BCUT2D eigenvalue weighted by molar-refractivity contribution is 5.96. The zero-order valence-corrected chi connectivity index (χ0v) is 14.0. The number of hydrogen-bond acceptors (Lipinski definition) is 2. The standard InChI is InChI=1S/C17H32N2O2/c1-4-7-8-9-10-11-13-19-15(12-5-2)16(20)18-14(6-3)17(19)21/h14-15H,4-13H2,1-3H3,(H,18,20). The van der Waals surface area contributed by atoms with E-state index in [-0.39, 0.29) is 23.9 Å². The van der Waals surface area contributed by atoms with E-state index in [0.717, 1.165) is 32.2 Å². The minimum absolute atomic E-state index is 0.0364. The number of hydrogen-bond donors (Lipinski definition) is 1. The highest BCUT2D eigenvalue weighted by Gasteiger charge is 2.38. The average Bonchev–Trinajstić information content (AvgIpc) is 2.48. The lowest BCUT2D eigenvalue weighted by molar-refractivity contribution is -0.149. The molecule has 0 bridgehead atoms. The number of piperazine rings is 1. The van der Waals surface area contributed by atoms with E-state index < -0.39 is 0 Å². The Morgan fingerprint density at radius 3 is 2.24 bits per heavy atom. The van der Waals surface area contributed by atoms with E-state index in [1.165, 1.54) is 25.7 Å². The van der Waals surface area contributed by atoms with Gasteiger partial charge in [0.05, 0.1) is 0 Å². The molecule has 1 saturated heterocycles. The lowest BCUT2D eigenvalue weighted by Crippen LogP contribution is -2.63. The predicted molar refractivity (Wildman–Crippen MR) is 86.0 cm³/mol. The van der Waals surface area contributed by atoms with E-state index in [0.29, 0.717) is 6.42 Å². The molecule has 4 heteroatoms. The molecule has 2 unspecified atom stereocenters. The van der Waals surface area contributed by atoms with Crippen LogP contribution in [0.1, 0.15) is 78.6 Å². The molecule has 1 fully saturated rings. The van der Waals surface area contributed by atoms with Gasteiger partial charge < -0.3 is 10.2 Å². The van der Waals surface area contributed by atoms with E-state index >= 15 is 0 Å². The topological polar surface area (TPSA) is 49.4 Å². The van der Waals surface area contributed by atoms with Gasteiger partial charge in [0, 0.05) is 6.54 Å². The third-order valence-corrected chi connectivity index (χ3v) is 4.30. The predicted octanol–water partition coefficient (Wildman–Crippen LogP) is 3.25. The Balaban J connectivity index is 2.51. The molecule has 0 radical (unpaired) electrons. The molecule has 4 nitrogen and oxygen atoms in total. The summed E-state index contributed by atoms with van der Waals surface area (Å²) in [7, 11) is 0. The van der Waals surface area contributed by atoms with E-state index in [9.17, 15) is 9.59 Å². The first kappa shape index (κ1) is 18.0. The van der Waals surface area contributed by atoms with E-state index in [1.54, 1.807) is 0 Å². The molecule has 0 aromatic carbocycles. The van der Waals surface area contributed by atoms with Gasteiger partial charge >= 0.3 is 0 Å². The van der Waals surface area contributed by atoms with Crippen LogP contribution in [0.25, 0.3) is 0 Å². The van der Waals surface area contributed by atoms with E-state index in [2.05, 4.69) is 19.2 Å². The van der Waals surface area contributed by atoms with Crippen molar-refractivity contribution >= 4 is 11.8 Å². The Morgan fingerprint density at radius 1 is 0.952 bits per heavy atom. The van der Waals surface area contributed by atoms with Crippen molar-refractivity contribution in [2.75, 3.05) is 6.54 Å². The molecule has 0 spiro atoms. The van der Waals surface area contributed by atoms with Crippen LogP contribution in [0.4, 0.5) is 0 Å². The van der Waals surface area contributed by atoms with Crippen molar-refractivity contribution in [3.8, 4) is 0 Å². The van der Waals surface area contributed by atoms with Crippen LogP contribution in [0.15, 0.2) is 0 Å². The SMILES string of the molecule is CCCCCCCCN1C(=O)C(CC)NC(=O)C1CCC. The molecular weight excluding hydrogens is 264 g/mol. The summed E-state index contributed by atoms with van der Waals surface area (Å²) in [5.74, 6) is 0.151. The Bertz CT molecular complexity index is 331. The summed E-state index contributed by atoms with van der Waals surface area (Å²) in [6.45, 7) is 6.96. The van der Waals surface area contributed by atoms with Crippen molar-refractivity contribution in [3.63, 3.8) is 0 Å². The Labute approximate surface area is 129 Å². The largest absolute Gasteiger partial charge is 0.343 e. The average molecular weight is 296 g/mol. The molecule has 2 atom stereocenters. The summed E-state index contributed by atoms with van der Waals surface area (Å²) < 4.78 is 0. The first-order valence-corrected chi connectivity index (χ1v) is 8.76. The van der Waals surface area contributed by atoms with Crippen LogP contribution in [0.5, 0.6) is 0 Å². The van der Waals surface area contributed by atoms with Gasteiger partial charge in [-0.15, -0.1) is 0 Å². The zero-order valence-electron chi connectivity index (χ0n) is 14.0. The highest BCUT2D eigenvalue weighted by atomic mass is 16.2. The van der Waals surface area contributed by atoms with Gasteiger partial charge in [0.25, 0.3) is 0 Å². The van der Waals surface area contributed by atoms with Crippen molar-refractivity contribution in [2.24, 2.45) is 0 Å². The molecular formula is C17H32N2O2. The van der Waals surface area contributed by atoms with Crippen LogP contribution in [0, 0.1) is 0 Å². The van der Waals surface area contributed by atoms with Crippen LogP contribution < -0.4 is 5.32 Å². The number of nitrogens with one attached hydrogen (secondary N) is 1. The molecule has 1 rings (SSSR count). The molecule has 0 aromatic rings. The molecule has 1 aliphatic rings. The van der Waals surface area contributed by atoms with Crippen molar-refractivity contribution < 1.29 is 9.59 Å². The molecule has 122 valence electrons. The number of unbranched alkanes of at least 4 members (excludes halogenated alkanes) is 5. The van der Waals surface area contributed by atoms with Gasteiger partial charge in [-0.2, -0.15) is 0 Å². The molecule has 1 aliphatic heterocycles. The fraction of sp³-hybridized carbons (Fsp3) is 0.882. The van der Waals surface area contributed by atoms with E-state index in [4.69, 9.17) is 0 Å². The maximum atomic E-state index is 12.5. The van der Waals surface area contributed by atoms with Crippen LogP contribution in [0.2, 0.25) is 0 Å². The molecule has 2 amide bonds. The van der Waals surface area contributed by atoms with E-state index in [1.807, 2.05) is 11.8 Å². The first-order valence-electron chi connectivity index (χ1n) is 8.76. The fourth-order valence-electron chi connectivity index (χ4n) is 2.99. The van der Waals surface area contributed by atoms with Gasteiger partial charge in [0.15, 0.2) is 0 Å². The lowest BCUT2D eigenvalue weighted by Gasteiger charge is -2.38. The maximum Gasteiger partial charge on any atom is 0.245 e. The second kappa shape index (κ2) is 9.80. The number of rotatable bonds is 10. The third-order valence-electron chi connectivity index (χ3n) is 4.30. The monoisotopic (exact) mass is 296 g/mol. The summed E-state index contributed by atoms with van der Waals surface area (Å²) in [4.78, 5) is 26.5. The third kappa shape index (κ3) is 5.33. The number of carbonyl (C=O) groups is 2. The number of carbonyl (C=O) groups excluding carboxylic acids is 2. The van der Waals surface area contributed by atoms with Gasteiger partial charge in [0.2, 0.25) is 11.8 Å². The van der Waals surface area contributed by atoms with Crippen LogP contribution in [-0.2, 0) is 9.59 Å². The summed E-state index contributed by atoms with van der Waals surface area (Å²) in [5, 5.41) is 2.87. The van der Waals surface area contributed by atoms with Crippen molar-refractivity contribution in [1.29, 1.82) is 0 Å². The maximum absolute atomic E-state index is 12.5. The smallest absolute Gasteiger partial charge is 0.245 e. The minimum Gasteiger partial charge on any atom is -0.343 e. The van der Waals surface area contributed by atoms with Gasteiger partial charge in [0.1, 0.15) is 12.1 Å². The highest BCUT2D eigenvalue weighted by Crippen LogP contribution is 2.18. The minimum atomic E-state index is -0.314. The lowest BCUT2D eigenvalue weighted by atomic mass is 10.0. The van der Waals surface area contributed by atoms with Gasteiger partial charge in [-0.05, 0) is 19.3 Å². The molecule has 0 saturated carbocycles. The van der Waals surface area contributed by atoms with Crippen molar-refractivity contribution in [3.05, 3.63) is 0 Å². The van der Waals surface area contributed by atoms with Gasteiger partial charge in [-0.1, -0.05) is 59.3 Å². The second-order valence-electron chi connectivity index (χ2n) is 6.07. The molecule has 0 aliphatic carbocycles. The van der Waals surface area contributed by atoms with Crippen LogP contribution >= 0.6 is 0 Å². The zero-order chi connectivity index (χ0) is 15.7. The second-order valence-corrected chi connectivity index (χ2v) is 6.07. The summed E-state index contributed by atoms with van der Waals surface area (Å²) in [6.07, 6.45) is 9.59. The first-order chi connectivity index (χ1) is 10.2. The number of nitrogens with zero attached hydrogens (tertiary/aromatic N) is 1.